The predicted molar refractivity (Wildman–Crippen MR) is 48.2 cm³/mol. The van der Waals surface area contributed by atoms with E-state index >= 15 is 0 Å². The average molecular weight is 189 g/mol. The van der Waals surface area contributed by atoms with E-state index in [0.717, 1.165) is 5.69 Å². The van der Waals surface area contributed by atoms with Crippen molar-refractivity contribution in [3.05, 3.63) is 16.9 Å². The van der Waals surface area contributed by atoms with Gasteiger partial charge in [0.1, 0.15) is 6.73 Å². The Labute approximate surface area is 77.0 Å². The summed E-state index contributed by atoms with van der Waals surface area (Å²) in [5.41, 5.74) is 0.746. The lowest BCUT2D eigenvalue weighted by Crippen LogP contribution is -2.13. The van der Waals surface area contributed by atoms with Crippen LogP contribution in [0.1, 0.15) is 26.5 Å². The van der Waals surface area contributed by atoms with Crippen molar-refractivity contribution >= 4 is 11.6 Å². The molecule has 4 heteroatoms. The lowest BCUT2D eigenvalue weighted by Gasteiger charge is -2.15. The van der Waals surface area contributed by atoms with Gasteiger partial charge in [0.25, 0.3) is 0 Å². The highest BCUT2D eigenvalue weighted by atomic mass is 35.5. The zero-order valence-electron chi connectivity index (χ0n) is 7.50. The van der Waals surface area contributed by atoms with Crippen molar-refractivity contribution in [3.8, 4) is 0 Å². The Balaban J connectivity index is 3.08. The van der Waals surface area contributed by atoms with Gasteiger partial charge in [0.15, 0.2) is 0 Å². The zero-order chi connectivity index (χ0) is 9.35. The van der Waals surface area contributed by atoms with Crippen molar-refractivity contribution in [2.24, 2.45) is 0 Å². The first-order valence-corrected chi connectivity index (χ1v) is 4.17. The van der Waals surface area contributed by atoms with Gasteiger partial charge in [-0.2, -0.15) is 5.10 Å². The molecule has 0 fully saturated rings. The molecular weight excluding hydrogens is 176 g/mol. The average Bonchev–Trinajstić information content (AvgIpc) is 2.29. The van der Waals surface area contributed by atoms with Crippen molar-refractivity contribution < 1.29 is 5.11 Å². The van der Waals surface area contributed by atoms with Crippen LogP contribution in [0.3, 0.4) is 0 Å². The molecule has 1 heterocycles. The van der Waals surface area contributed by atoms with Gasteiger partial charge in [-0.1, -0.05) is 32.4 Å². The lowest BCUT2D eigenvalue weighted by molar-refractivity contribution is 0.194. The van der Waals surface area contributed by atoms with Crippen molar-refractivity contribution in [2.75, 3.05) is 0 Å². The monoisotopic (exact) mass is 188 g/mol. The summed E-state index contributed by atoms with van der Waals surface area (Å²) in [5.74, 6) is 0. The Bertz CT molecular complexity index is 275. The molecule has 0 unspecified atom stereocenters. The van der Waals surface area contributed by atoms with E-state index in [0.29, 0.717) is 5.02 Å². The summed E-state index contributed by atoms with van der Waals surface area (Å²) in [7, 11) is 0. The zero-order valence-corrected chi connectivity index (χ0v) is 8.26. The fourth-order valence-corrected chi connectivity index (χ4v) is 1.41. The molecule has 0 atom stereocenters. The molecule has 1 aromatic heterocycles. The maximum atomic E-state index is 8.78. The van der Waals surface area contributed by atoms with E-state index in [-0.39, 0.29) is 12.1 Å². The first-order chi connectivity index (χ1) is 5.45. The second kappa shape index (κ2) is 3.07. The van der Waals surface area contributed by atoms with Crippen molar-refractivity contribution in [3.63, 3.8) is 0 Å². The first-order valence-electron chi connectivity index (χ1n) is 3.79. The van der Waals surface area contributed by atoms with Gasteiger partial charge in [-0.25, -0.2) is 4.68 Å². The van der Waals surface area contributed by atoms with Crippen LogP contribution in [0.25, 0.3) is 0 Å². The normalized spacial score (nSPS) is 12.1. The van der Waals surface area contributed by atoms with Gasteiger partial charge >= 0.3 is 0 Å². The van der Waals surface area contributed by atoms with Crippen LogP contribution in [0.5, 0.6) is 0 Å². The minimum absolute atomic E-state index is 0.0719. The maximum Gasteiger partial charge on any atom is 0.136 e. The minimum atomic E-state index is -0.129. The third-order valence-electron chi connectivity index (χ3n) is 1.57. The van der Waals surface area contributed by atoms with Gasteiger partial charge < -0.3 is 5.11 Å². The van der Waals surface area contributed by atoms with Crippen molar-refractivity contribution in [2.45, 2.75) is 32.9 Å². The smallest absolute Gasteiger partial charge is 0.136 e. The highest BCUT2D eigenvalue weighted by molar-refractivity contribution is 6.31. The molecule has 0 spiro atoms. The van der Waals surface area contributed by atoms with Crippen LogP contribution in [0, 0.1) is 0 Å². The van der Waals surface area contributed by atoms with Gasteiger partial charge in [-0.15, -0.1) is 0 Å². The third kappa shape index (κ3) is 1.79. The molecule has 0 bridgehead atoms. The Morgan fingerprint density at radius 1 is 1.58 bits per heavy atom. The fourth-order valence-electron chi connectivity index (χ4n) is 0.978. The Hall–Kier alpha value is -0.540. The molecule has 3 nitrogen and oxygen atoms in total. The molecule has 0 saturated heterocycles. The summed E-state index contributed by atoms with van der Waals surface area (Å²) >= 11 is 5.91. The van der Waals surface area contributed by atoms with E-state index in [1.165, 1.54) is 4.68 Å². The molecule has 12 heavy (non-hydrogen) atoms. The number of hydrogen-bond acceptors (Lipinski definition) is 2. The Morgan fingerprint density at radius 2 is 2.17 bits per heavy atom. The van der Waals surface area contributed by atoms with Gasteiger partial charge in [-0.05, 0) is 0 Å². The molecule has 0 aliphatic carbocycles. The summed E-state index contributed by atoms with van der Waals surface area (Å²) in [6.45, 7) is 5.96. The maximum absolute atomic E-state index is 8.78. The van der Waals surface area contributed by atoms with Crippen molar-refractivity contribution in [1.29, 1.82) is 0 Å². The minimum Gasteiger partial charge on any atom is -0.374 e. The molecule has 0 aliphatic rings. The number of nitrogens with zero attached hydrogens (tertiary/aromatic N) is 2. The lowest BCUT2D eigenvalue weighted by atomic mass is 9.93. The van der Waals surface area contributed by atoms with Crippen LogP contribution in [-0.4, -0.2) is 14.9 Å². The van der Waals surface area contributed by atoms with Crippen molar-refractivity contribution in [1.82, 2.24) is 9.78 Å². The van der Waals surface area contributed by atoms with Gasteiger partial charge in [0, 0.05) is 11.6 Å². The van der Waals surface area contributed by atoms with Crippen LogP contribution in [0.4, 0.5) is 0 Å². The number of aromatic nitrogens is 2. The SMILES string of the molecule is CC(C)(C)c1nn(CO)cc1Cl. The Morgan fingerprint density at radius 3 is 2.42 bits per heavy atom. The first kappa shape index (κ1) is 9.55. The molecule has 0 aromatic carbocycles. The van der Waals surface area contributed by atoms with E-state index in [1.807, 2.05) is 20.8 Å². The molecular formula is C8H13ClN2O. The van der Waals surface area contributed by atoms with Crippen LogP contribution in [0.15, 0.2) is 6.20 Å². The number of hydrogen-bond donors (Lipinski definition) is 1. The quantitative estimate of drug-likeness (QED) is 0.730. The van der Waals surface area contributed by atoms with E-state index < -0.39 is 0 Å². The van der Waals surface area contributed by atoms with Gasteiger partial charge in [-0.3, -0.25) is 0 Å². The molecule has 68 valence electrons. The largest absolute Gasteiger partial charge is 0.374 e. The molecule has 1 N–H and O–H groups in total. The molecule has 0 aliphatic heterocycles. The summed E-state index contributed by atoms with van der Waals surface area (Å²) in [6, 6.07) is 0. The third-order valence-corrected chi connectivity index (χ3v) is 1.85. The number of aliphatic hydroxyl groups is 1. The summed E-state index contributed by atoms with van der Waals surface area (Å²) in [4.78, 5) is 0. The van der Waals surface area contributed by atoms with Crippen LogP contribution in [-0.2, 0) is 12.1 Å². The molecule has 1 aromatic rings. The van der Waals surface area contributed by atoms with Crippen LogP contribution < -0.4 is 0 Å². The molecule has 0 amide bonds. The standard InChI is InChI=1S/C8H13ClN2O/c1-8(2,3)7-6(9)4-11(5-12)10-7/h4,12H,5H2,1-3H3. The van der Waals surface area contributed by atoms with Crippen LogP contribution >= 0.6 is 11.6 Å². The Kier molecular flexibility index (Phi) is 2.44. The summed E-state index contributed by atoms with van der Waals surface area (Å²) in [6.07, 6.45) is 1.63. The summed E-state index contributed by atoms with van der Waals surface area (Å²) in [5, 5.41) is 13.5. The van der Waals surface area contributed by atoms with E-state index in [9.17, 15) is 0 Å². The second-order valence-corrected chi connectivity index (χ2v) is 4.16. The van der Waals surface area contributed by atoms with Gasteiger partial charge in [0.2, 0.25) is 0 Å². The van der Waals surface area contributed by atoms with Crippen LogP contribution in [0.2, 0.25) is 5.02 Å². The highest BCUT2D eigenvalue weighted by Gasteiger charge is 2.21. The predicted octanol–water partition coefficient (Wildman–Crippen LogP) is 1.78. The molecule has 1 rings (SSSR count). The summed E-state index contributed by atoms with van der Waals surface area (Å²) < 4.78 is 1.42. The molecule has 0 radical (unpaired) electrons. The van der Waals surface area contributed by atoms with E-state index in [2.05, 4.69) is 5.10 Å². The van der Waals surface area contributed by atoms with Gasteiger partial charge in [0.05, 0.1) is 10.7 Å². The van der Waals surface area contributed by atoms with E-state index in [4.69, 9.17) is 16.7 Å². The number of halogens is 1. The number of rotatable bonds is 1. The topological polar surface area (TPSA) is 38.0 Å². The molecule has 0 saturated carbocycles. The second-order valence-electron chi connectivity index (χ2n) is 3.76. The van der Waals surface area contributed by atoms with E-state index in [1.54, 1.807) is 6.20 Å². The number of aliphatic hydroxyl groups excluding tert-OH is 1. The fraction of sp³-hybridized carbons (Fsp3) is 0.625. The highest BCUT2D eigenvalue weighted by Crippen LogP contribution is 2.27.